The zero-order valence-corrected chi connectivity index (χ0v) is 9.44. The van der Waals surface area contributed by atoms with E-state index >= 15 is 0 Å². The maximum atomic E-state index is 11.2. The number of nitrogens with one attached hydrogen (secondary N) is 1. The van der Waals surface area contributed by atoms with Crippen molar-refractivity contribution in [2.24, 2.45) is 5.92 Å². The van der Waals surface area contributed by atoms with Gasteiger partial charge >= 0.3 is 0 Å². The number of aliphatic hydroxyl groups excluding tert-OH is 1. The summed E-state index contributed by atoms with van der Waals surface area (Å²) >= 11 is 0. The average Bonchev–Trinajstić information content (AvgIpc) is 2.81. The van der Waals surface area contributed by atoms with Gasteiger partial charge in [0.05, 0.1) is 6.10 Å². The summed E-state index contributed by atoms with van der Waals surface area (Å²) in [5.74, 6) is 0.306. The summed E-state index contributed by atoms with van der Waals surface area (Å²) < 4.78 is 0. The van der Waals surface area contributed by atoms with Crippen molar-refractivity contribution in [2.75, 3.05) is 13.1 Å². The van der Waals surface area contributed by atoms with Gasteiger partial charge in [-0.05, 0) is 31.5 Å². The molecule has 16 heavy (non-hydrogen) atoms. The molecule has 1 aliphatic heterocycles. The minimum absolute atomic E-state index is 0.0404. The molecule has 0 spiro atoms. The third kappa shape index (κ3) is 2.31. The van der Waals surface area contributed by atoms with Crippen molar-refractivity contribution >= 4 is 5.78 Å². The molecule has 2 rings (SSSR count). The number of ketones is 1. The molecule has 1 saturated heterocycles. The van der Waals surface area contributed by atoms with Gasteiger partial charge in [0.25, 0.3) is 0 Å². The summed E-state index contributed by atoms with van der Waals surface area (Å²) in [5.41, 5.74) is 1.52. The number of benzene rings is 1. The van der Waals surface area contributed by atoms with Crippen LogP contribution in [0.4, 0.5) is 0 Å². The molecule has 0 aliphatic carbocycles. The Morgan fingerprint density at radius 3 is 3.00 bits per heavy atom. The number of rotatable bonds is 3. The van der Waals surface area contributed by atoms with Gasteiger partial charge in [0.1, 0.15) is 0 Å². The topological polar surface area (TPSA) is 49.3 Å². The molecule has 0 amide bonds. The van der Waals surface area contributed by atoms with Crippen LogP contribution in [0.5, 0.6) is 0 Å². The van der Waals surface area contributed by atoms with E-state index in [2.05, 4.69) is 5.32 Å². The molecule has 1 fully saturated rings. The highest BCUT2D eigenvalue weighted by atomic mass is 16.3. The van der Waals surface area contributed by atoms with Crippen molar-refractivity contribution in [3.8, 4) is 0 Å². The molecule has 1 heterocycles. The van der Waals surface area contributed by atoms with Gasteiger partial charge < -0.3 is 10.4 Å². The van der Waals surface area contributed by atoms with Crippen LogP contribution in [0, 0.1) is 5.92 Å². The van der Waals surface area contributed by atoms with Crippen LogP contribution >= 0.6 is 0 Å². The molecule has 3 nitrogen and oxygen atoms in total. The first kappa shape index (κ1) is 11.3. The fourth-order valence-corrected chi connectivity index (χ4v) is 2.16. The van der Waals surface area contributed by atoms with E-state index in [1.165, 1.54) is 0 Å². The predicted molar refractivity (Wildman–Crippen MR) is 62.4 cm³/mol. The predicted octanol–water partition coefficient (Wildman–Crippen LogP) is 1.53. The highest BCUT2D eigenvalue weighted by Crippen LogP contribution is 2.27. The number of hydrogen-bond acceptors (Lipinski definition) is 3. The number of Topliss-reactive ketones (excluding diaryl/α,β-unsaturated/α-hetero) is 1. The Kier molecular flexibility index (Phi) is 3.36. The SMILES string of the molecule is CC(=O)c1cccc(C(O)C2CCNC2)c1. The van der Waals surface area contributed by atoms with Crippen molar-refractivity contribution in [3.05, 3.63) is 35.4 Å². The first-order valence-corrected chi connectivity index (χ1v) is 5.68. The van der Waals surface area contributed by atoms with Crippen molar-refractivity contribution < 1.29 is 9.90 Å². The number of aliphatic hydroxyl groups is 1. The van der Waals surface area contributed by atoms with Crippen molar-refractivity contribution in [1.82, 2.24) is 5.32 Å². The number of carbonyl (C=O) groups excluding carboxylic acids is 1. The molecule has 0 radical (unpaired) electrons. The summed E-state index contributed by atoms with van der Waals surface area (Å²) in [6, 6.07) is 7.30. The average molecular weight is 219 g/mol. The summed E-state index contributed by atoms with van der Waals surface area (Å²) in [7, 11) is 0. The van der Waals surface area contributed by atoms with E-state index in [1.807, 2.05) is 12.1 Å². The van der Waals surface area contributed by atoms with Gasteiger partial charge in [0.2, 0.25) is 0 Å². The first-order valence-electron chi connectivity index (χ1n) is 5.68. The van der Waals surface area contributed by atoms with Crippen LogP contribution in [0.15, 0.2) is 24.3 Å². The molecule has 86 valence electrons. The molecule has 0 bridgehead atoms. The van der Waals surface area contributed by atoms with Crippen LogP contribution in [0.3, 0.4) is 0 Å². The van der Waals surface area contributed by atoms with Crippen LogP contribution in [0.2, 0.25) is 0 Å². The molecule has 2 unspecified atom stereocenters. The van der Waals surface area contributed by atoms with Crippen molar-refractivity contribution in [1.29, 1.82) is 0 Å². The van der Waals surface area contributed by atoms with E-state index in [1.54, 1.807) is 19.1 Å². The minimum atomic E-state index is -0.464. The second-order valence-corrected chi connectivity index (χ2v) is 4.38. The van der Waals surface area contributed by atoms with E-state index in [0.29, 0.717) is 5.56 Å². The van der Waals surface area contributed by atoms with Crippen molar-refractivity contribution in [2.45, 2.75) is 19.4 Å². The van der Waals surface area contributed by atoms with Crippen LogP contribution in [0.25, 0.3) is 0 Å². The maximum absolute atomic E-state index is 11.2. The normalized spacial score (nSPS) is 22.0. The monoisotopic (exact) mass is 219 g/mol. The highest BCUT2D eigenvalue weighted by Gasteiger charge is 2.24. The minimum Gasteiger partial charge on any atom is -0.388 e. The Morgan fingerprint density at radius 1 is 1.56 bits per heavy atom. The third-order valence-electron chi connectivity index (χ3n) is 3.18. The quantitative estimate of drug-likeness (QED) is 0.758. The molecule has 0 aromatic heterocycles. The highest BCUT2D eigenvalue weighted by molar-refractivity contribution is 5.94. The van der Waals surface area contributed by atoms with Gasteiger partial charge in [0, 0.05) is 18.0 Å². The van der Waals surface area contributed by atoms with E-state index in [0.717, 1.165) is 25.1 Å². The van der Waals surface area contributed by atoms with Gasteiger partial charge in [-0.15, -0.1) is 0 Å². The van der Waals surface area contributed by atoms with Gasteiger partial charge in [-0.1, -0.05) is 18.2 Å². The summed E-state index contributed by atoms with van der Waals surface area (Å²) in [4.78, 5) is 11.2. The third-order valence-corrected chi connectivity index (χ3v) is 3.18. The fourth-order valence-electron chi connectivity index (χ4n) is 2.16. The Labute approximate surface area is 95.5 Å². The summed E-state index contributed by atoms with van der Waals surface area (Å²) in [6.45, 7) is 3.36. The van der Waals surface area contributed by atoms with Gasteiger partial charge in [-0.3, -0.25) is 4.79 Å². The molecule has 1 aromatic carbocycles. The number of carbonyl (C=O) groups is 1. The lowest BCUT2D eigenvalue weighted by molar-refractivity contribution is 0.101. The molecule has 2 atom stereocenters. The zero-order valence-electron chi connectivity index (χ0n) is 9.44. The lowest BCUT2D eigenvalue weighted by atomic mass is 9.93. The largest absolute Gasteiger partial charge is 0.388 e. The molecule has 1 aromatic rings. The summed E-state index contributed by atoms with van der Waals surface area (Å²) in [5, 5.41) is 13.4. The van der Waals surface area contributed by atoms with E-state index in [-0.39, 0.29) is 11.7 Å². The molecule has 2 N–H and O–H groups in total. The van der Waals surface area contributed by atoms with E-state index in [4.69, 9.17) is 0 Å². The zero-order chi connectivity index (χ0) is 11.5. The lowest BCUT2D eigenvalue weighted by Crippen LogP contribution is -2.16. The second-order valence-electron chi connectivity index (χ2n) is 4.38. The molecule has 0 saturated carbocycles. The van der Waals surface area contributed by atoms with Crippen LogP contribution in [0.1, 0.15) is 35.4 Å². The Bertz CT molecular complexity index is 383. The van der Waals surface area contributed by atoms with E-state index in [9.17, 15) is 9.90 Å². The molecular weight excluding hydrogens is 202 g/mol. The van der Waals surface area contributed by atoms with Crippen LogP contribution < -0.4 is 5.32 Å². The Morgan fingerprint density at radius 2 is 2.38 bits per heavy atom. The fraction of sp³-hybridized carbons (Fsp3) is 0.462. The molecule has 3 heteroatoms. The maximum Gasteiger partial charge on any atom is 0.159 e. The molecular formula is C13H17NO2. The summed E-state index contributed by atoms with van der Waals surface area (Å²) in [6.07, 6.45) is 0.528. The second kappa shape index (κ2) is 4.76. The Hall–Kier alpha value is -1.19. The van der Waals surface area contributed by atoms with Crippen LogP contribution in [-0.2, 0) is 0 Å². The smallest absolute Gasteiger partial charge is 0.159 e. The van der Waals surface area contributed by atoms with Gasteiger partial charge in [0.15, 0.2) is 5.78 Å². The van der Waals surface area contributed by atoms with Gasteiger partial charge in [-0.25, -0.2) is 0 Å². The Balaban J connectivity index is 2.18. The molecule has 1 aliphatic rings. The standard InChI is InChI=1S/C13H17NO2/c1-9(15)10-3-2-4-11(7-10)13(16)12-5-6-14-8-12/h2-4,7,12-14,16H,5-6,8H2,1H3. The van der Waals surface area contributed by atoms with Crippen LogP contribution in [-0.4, -0.2) is 24.0 Å². The van der Waals surface area contributed by atoms with Crippen molar-refractivity contribution in [3.63, 3.8) is 0 Å². The number of hydrogen-bond donors (Lipinski definition) is 2. The lowest BCUT2D eigenvalue weighted by Gasteiger charge is -2.17. The first-order chi connectivity index (χ1) is 7.68. The van der Waals surface area contributed by atoms with Gasteiger partial charge in [-0.2, -0.15) is 0 Å². The van der Waals surface area contributed by atoms with E-state index < -0.39 is 6.10 Å².